The minimum Gasteiger partial charge on any atom is -0.346 e. The first kappa shape index (κ1) is 19.3. The highest BCUT2D eigenvalue weighted by Gasteiger charge is 2.19. The highest BCUT2D eigenvalue weighted by atomic mass is 32.1. The Morgan fingerprint density at radius 1 is 1.24 bits per heavy atom. The second-order valence-electron chi connectivity index (χ2n) is 7.31. The van der Waals surface area contributed by atoms with Gasteiger partial charge in [0.15, 0.2) is 5.65 Å². The van der Waals surface area contributed by atoms with Gasteiger partial charge in [0.1, 0.15) is 0 Å². The van der Waals surface area contributed by atoms with Gasteiger partial charge in [-0.2, -0.15) is 5.10 Å². The van der Waals surface area contributed by atoms with Crippen molar-refractivity contribution in [2.24, 2.45) is 0 Å². The van der Waals surface area contributed by atoms with Crippen LogP contribution in [0.25, 0.3) is 22.3 Å². The summed E-state index contributed by atoms with van der Waals surface area (Å²) < 4.78 is 1.86. The summed E-state index contributed by atoms with van der Waals surface area (Å²) in [6.07, 6.45) is 3.45. The maximum Gasteiger partial charge on any atom is 0.252 e. The van der Waals surface area contributed by atoms with Crippen molar-refractivity contribution in [3.63, 3.8) is 0 Å². The molecular weight excluding hydrogens is 382 g/mol. The first-order chi connectivity index (χ1) is 13.9. The molecule has 0 saturated carbocycles. The Morgan fingerprint density at radius 2 is 2.07 bits per heavy atom. The molecule has 4 aromatic rings. The summed E-state index contributed by atoms with van der Waals surface area (Å²) in [5, 5.41) is 8.22. The van der Waals surface area contributed by atoms with Crippen molar-refractivity contribution in [1.29, 1.82) is 0 Å². The maximum absolute atomic E-state index is 13.1. The lowest BCUT2D eigenvalue weighted by atomic mass is 10.1. The summed E-state index contributed by atoms with van der Waals surface area (Å²) in [7, 11) is 0. The molecule has 0 aliphatic heterocycles. The lowest BCUT2D eigenvalue weighted by Gasteiger charge is -2.11. The van der Waals surface area contributed by atoms with E-state index in [1.54, 1.807) is 23.7 Å². The van der Waals surface area contributed by atoms with E-state index in [-0.39, 0.29) is 11.9 Å². The Hall–Kier alpha value is -3.06. The number of hydrogen-bond acceptors (Lipinski definition) is 5. The van der Waals surface area contributed by atoms with E-state index in [1.165, 1.54) is 9.75 Å². The van der Waals surface area contributed by atoms with Crippen LogP contribution in [0.3, 0.4) is 0 Å². The van der Waals surface area contributed by atoms with Crippen LogP contribution in [0.5, 0.6) is 0 Å². The molecule has 0 radical (unpaired) electrons. The Kier molecular flexibility index (Phi) is 5.15. The number of amides is 1. The summed E-state index contributed by atoms with van der Waals surface area (Å²) in [4.78, 5) is 24.6. The van der Waals surface area contributed by atoms with Crippen LogP contribution in [0.2, 0.25) is 0 Å². The standard InChI is InChI=1S/C22H23N5OS/c1-13(2)27-21-19(12-25-27)18(22(28)24-11-16-7-5-6-8-23-16)10-20(26-21)17-9-14(3)29-15(17)4/h5-10,12-13H,11H2,1-4H3,(H,24,28). The van der Waals surface area contributed by atoms with Gasteiger partial charge < -0.3 is 5.32 Å². The Balaban J connectivity index is 1.79. The van der Waals surface area contributed by atoms with E-state index >= 15 is 0 Å². The van der Waals surface area contributed by atoms with Crippen LogP contribution in [0.15, 0.2) is 42.7 Å². The molecule has 0 unspecified atom stereocenters. The molecule has 29 heavy (non-hydrogen) atoms. The molecule has 1 N–H and O–H groups in total. The first-order valence-electron chi connectivity index (χ1n) is 9.58. The molecule has 7 heteroatoms. The maximum atomic E-state index is 13.1. The lowest BCUT2D eigenvalue weighted by molar-refractivity contribution is 0.0952. The average molecular weight is 406 g/mol. The number of aryl methyl sites for hydroxylation is 2. The number of hydrogen-bond donors (Lipinski definition) is 1. The van der Waals surface area contributed by atoms with Gasteiger partial charge in [-0.3, -0.25) is 9.78 Å². The predicted octanol–water partition coefficient (Wildman–Crippen LogP) is 4.68. The quantitative estimate of drug-likeness (QED) is 0.523. The van der Waals surface area contributed by atoms with Crippen molar-refractivity contribution < 1.29 is 4.79 Å². The molecule has 4 aromatic heterocycles. The van der Waals surface area contributed by atoms with Crippen LogP contribution in [0, 0.1) is 13.8 Å². The number of carbonyl (C=O) groups is 1. The van der Waals surface area contributed by atoms with Crippen molar-refractivity contribution in [2.45, 2.75) is 40.3 Å². The summed E-state index contributed by atoms with van der Waals surface area (Å²) in [6, 6.07) is 9.80. The molecule has 0 aliphatic carbocycles. The molecule has 0 aliphatic rings. The van der Waals surface area contributed by atoms with E-state index in [0.717, 1.165) is 28.0 Å². The van der Waals surface area contributed by atoms with Crippen LogP contribution >= 0.6 is 11.3 Å². The Morgan fingerprint density at radius 3 is 2.72 bits per heavy atom. The third-order valence-electron chi connectivity index (χ3n) is 4.77. The van der Waals surface area contributed by atoms with Crippen LogP contribution in [0.1, 0.15) is 45.7 Å². The second-order valence-corrected chi connectivity index (χ2v) is 8.77. The number of nitrogens with zero attached hydrogens (tertiary/aromatic N) is 4. The number of nitrogens with one attached hydrogen (secondary N) is 1. The minimum absolute atomic E-state index is 0.144. The van der Waals surface area contributed by atoms with Gasteiger partial charge in [0, 0.05) is 27.6 Å². The normalized spacial score (nSPS) is 11.3. The van der Waals surface area contributed by atoms with Crippen molar-refractivity contribution in [2.75, 3.05) is 0 Å². The fourth-order valence-electron chi connectivity index (χ4n) is 3.38. The molecule has 148 valence electrons. The van der Waals surface area contributed by atoms with Crippen molar-refractivity contribution in [3.05, 3.63) is 63.7 Å². The molecule has 0 atom stereocenters. The smallest absolute Gasteiger partial charge is 0.252 e. The van der Waals surface area contributed by atoms with Crippen LogP contribution in [-0.4, -0.2) is 25.7 Å². The average Bonchev–Trinajstić information content (AvgIpc) is 3.28. The van der Waals surface area contributed by atoms with Gasteiger partial charge in [0.2, 0.25) is 0 Å². The molecule has 1 amide bonds. The SMILES string of the molecule is Cc1cc(-c2cc(C(=O)NCc3ccccn3)c3cnn(C(C)C)c3n2)c(C)s1. The van der Waals surface area contributed by atoms with E-state index in [1.807, 2.05) is 28.9 Å². The van der Waals surface area contributed by atoms with Crippen molar-refractivity contribution >= 4 is 28.3 Å². The molecular formula is C22H23N5OS. The third-order valence-corrected chi connectivity index (χ3v) is 5.74. The van der Waals surface area contributed by atoms with E-state index in [2.05, 4.69) is 49.2 Å². The highest BCUT2D eigenvalue weighted by Crippen LogP contribution is 2.32. The van der Waals surface area contributed by atoms with Gasteiger partial charge in [0.05, 0.1) is 35.1 Å². The van der Waals surface area contributed by atoms with Crippen molar-refractivity contribution in [1.82, 2.24) is 25.1 Å². The van der Waals surface area contributed by atoms with E-state index in [0.29, 0.717) is 12.1 Å². The molecule has 0 fully saturated rings. The van der Waals surface area contributed by atoms with Crippen molar-refractivity contribution in [3.8, 4) is 11.3 Å². The monoisotopic (exact) mass is 405 g/mol. The topological polar surface area (TPSA) is 72.7 Å². The van der Waals surface area contributed by atoms with Gasteiger partial charge in [-0.1, -0.05) is 6.07 Å². The molecule has 6 nitrogen and oxygen atoms in total. The number of aromatic nitrogens is 4. The number of pyridine rings is 2. The van der Waals surface area contributed by atoms with Gasteiger partial charge in [-0.25, -0.2) is 9.67 Å². The number of carbonyl (C=O) groups excluding carboxylic acids is 1. The van der Waals surface area contributed by atoms with Gasteiger partial charge in [-0.05, 0) is 52.0 Å². The zero-order valence-electron chi connectivity index (χ0n) is 16.9. The first-order valence-corrected chi connectivity index (χ1v) is 10.4. The second kappa shape index (κ2) is 7.75. The summed E-state index contributed by atoms with van der Waals surface area (Å²) >= 11 is 1.73. The predicted molar refractivity (Wildman–Crippen MR) is 116 cm³/mol. The fraction of sp³-hybridized carbons (Fsp3) is 0.273. The van der Waals surface area contributed by atoms with Gasteiger partial charge in [0.25, 0.3) is 5.91 Å². The summed E-state index contributed by atoms with van der Waals surface area (Å²) in [5.41, 5.74) is 3.97. The van der Waals surface area contributed by atoms with Gasteiger partial charge in [-0.15, -0.1) is 11.3 Å². The zero-order valence-corrected chi connectivity index (χ0v) is 17.7. The van der Waals surface area contributed by atoms with Gasteiger partial charge >= 0.3 is 0 Å². The summed E-state index contributed by atoms with van der Waals surface area (Å²) in [6.45, 7) is 8.65. The largest absolute Gasteiger partial charge is 0.346 e. The molecule has 0 spiro atoms. The molecule has 4 heterocycles. The lowest BCUT2D eigenvalue weighted by Crippen LogP contribution is -2.23. The highest BCUT2D eigenvalue weighted by molar-refractivity contribution is 7.12. The Labute approximate surface area is 173 Å². The number of thiophene rings is 1. The van der Waals surface area contributed by atoms with Crippen LogP contribution < -0.4 is 5.32 Å². The molecule has 0 bridgehead atoms. The fourth-order valence-corrected chi connectivity index (χ4v) is 4.31. The zero-order chi connectivity index (χ0) is 20.5. The molecule has 4 rings (SSSR count). The van der Waals surface area contributed by atoms with Crippen LogP contribution in [0.4, 0.5) is 0 Å². The summed E-state index contributed by atoms with van der Waals surface area (Å²) in [5.74, 6) is -0.155. The van der Waals surface area contributed by atoms with E-state index in [9.17, 15) is 4.79 Å². The van der Waals surface area contributed by atoms with Crippen LogP contribution in [-0.2, 0) is 6.54 Å². The number of fused-ring (bicyclic) bond motifs is 1. The Bertz CT molecular complexity index is 1180. The number of rotatable bonds is 5. The van der Waals surface area contributed by atoms with E-state index in [4.69, 9.17) is 4.98 Å². The third kappa shape index (κ3) is 3.78. The van der Waals surface area contributed by atoms with E-state index < -0.39 is 0 Å². The molecule has 0 aromatic carbocycles. The minimum atomic E-state index is -0.155. The molecule has 0 saturated heterocycles.